The van der Waals surface area contributed by atoms with Gasteiger partial charge in [0.25, 0.3) is 0 Å². The molecule has 0 aliphatic rings. The standard InChI is InChI=1S/C22H18N2O5/c1-26-19-8-5-14(12-20(19)27-2)22-24-17-13-15(6-9-18(17)29-22)23-21(25)10-7-16-4-3-11-28-16/h3-13H,1-2H3,(H,23,25)/b10-7+. The van der Waals surface area contributed by atoms with Crippen LogP contribution in [0.15, 0.2) is 69.7 Å². The van der Waals surface area contributed by atoms with Crippen LogP contribution in [0.5, 0.6) is 11.5 Å². The van der Waals surface area contributed by atoms with Crippen LogP contribution >= 0.6 is 0 Å². The second kappa shape index (κ2) is 7.93. The van der Waals surface area contributed by atoms with Crippen molar-refractivity contribution in [1.29, 1.82) is 0 Å². The van der Waals surface area contributed by atoms with E-state index in [2.05, 4.69) is 10.3 Å². The summed E-state index contributed by atoms with van der Waals surface area (Å²) in [5, 5.41) is 2.79. The van der Waals surface area contributed by atoms with Gasteiger partial charge in [0.05, 0.1) is 20.5 Å². The number of rotatable bonds is 6. The number of benzene rings is 2. The number of hydrogen-bond acceptors (Lipinski definition) is 6. The molecule has 2 heterocycles. The predicted molar refractivity (Wildman–Crippen MR) is 109 cm³/mol. The highest BCUT2D eigenvalue weighted by molar-refractivity contribution is 6.02. The Balaban J connectivity index is 1.55. The zero-order valence-electron chi connectivity index (χ0n) is 15.8. The van der Waals surface area contributed by atoms with E-state index in [9.17, 15) is 4.79 Å². The van der Waals surface area contributed by atoms with E-state index in [0.717, 1.165) is 5.56 Å². The second-order valence-corrected chi connectivity index (χ2v) is 6.11. The monoisotopic (exact) mass is 390 g/mol. The summed E-state index contributed by atoms with van der Waals surface area (Å²) in [5.74, 6) is 1.99. The fourth-order valence-corrected chi connectivity index (χ4v) is 2.83. The first-order valence-electron chi connectivity index (χ1n) is 8.82. The molecule has 0 spiro atoms. The van der Waals surface area contributed by atoms with Gasteiger partial charge >= 0.3 is 0 Å². The van der Waals surface area contributed by atoms with Crippen molar-refractivity contribution in [3.63, 3.8) is 0 Å². The lowest BCUT2D eigenvalue weighted by Crippen LogP contribution is -2.07. The summed E-state index contributed by atoms with van der Waals surface area (Å²) in [6.45, 7) is 0. The third-order valence-corrected chi connectivity index (χ3v) is 4.23. The Morgan fingerprint density at radius 2 is 1.93 bits per heavy atom. The van der Waals surface area contributed by atoms with Crippen LogP contribution in [-0.2, 0) is 4.79 Å². The van der Waals surface area contributed by atoms with Gasteiger partial charge in [0, 0.05) is 17.3 Å². The molecule has 0 aliphatic heterocycles. The summed E-state index contributed by atoms with van der Waals surface area (Å²) < 4.78 is 21.6. The maximum atomic E-state index is 12.1. The summed E-state index contributed by atoms with van der Waals surface area (Å²) in [4.78, 5) is 16.6. The van der Waals surface area contributed by atoms with Crippen molar-refractivity contribution in [1.82, 2.24) is 4.98 Å². The first-order valence-corrected chi connectivity index (χ1v) is 8.82. The molecule has 4 aromatic rings. The van der Waals surface area contributed by atoms with Crippen molar-refractivity contribution in [2.24, 2.45) is 0 Å². The highest BCUT2D eigenvalue weighted by Crippen LogP contribution is 2.33. The fourth-order valence-electron chi connectivity index (χ4n) is 2.83. The van der Waals surface area contributed by atoms with Gasteiger partial charge in [-0.25, -0.2) is 4.98 Å². The summed E-state index contributed by atoms with van der Waals surface area (Å²) >= 11 is 0. The van der Waals surface area contributed by atoms with Crippen LogP contribution in [0.3, 0.4) is 0 Å². The summed E-state index contributed by atoms with van der Waals surface area (Å²) in [6.07, 6.45) is 4.55. The van der Waals surface area contributed by atoms with Gasteiger partial charge in [0.2, 0.25) is 11.8 Å². The quantitative estimate of drug-likeness (QED) is 0.478. The number of ether oxygens (including phenoxy) is 2. The number of methoxy groups -OCH3 is 2. The normalized spacial score (nSPS) is 11.1. The second-order valence-electron chi connectivity index (χ2n) is 6.11. The molecular weight excluding hydrogens is 372 g/mol. The third-order valence-electron chi connectivity index (χ3n) is 4.23. The zero-order valence-corrected chi connectivity index (χ0v) is 15.8. The molecule has 0 radical (unpaired) electrons. The van der Waals surface area contributed by atoms with Gasteiger partial charge in [-0.1, -0.05) is 0 Å². The Labute approximate surface area is 166 Å². The maximum absolute atomic E-state index is 12.1. The molecule has 0 bridgehead atoms. The SMILES string of the molecule is COc1ccc(-c2nc3cc(NC(=O)/C=C/c4ccco4)ccc3o2)cc1OC. The van der Waals surface area contributed by atoms with Crippen LogP contribution in [-0.4, -0.2) is 25.1 Å². The number of hydrogen-bond donors (Lipinski definition) is 1. The Morgan fingerprint density at radius 3 is 2.69 bits per heavy atom. The van der Waals surface area contributed by atoms with Crippen molar-refractivity contribution in [2.75, 3.05) is 19.5 Å². The van der Waals surface area contributed by atoms with E-state index < -0.39 is 0 Å². The van der Waals surface area contributed by atoms with Gasteiger partial charge < -0.3 is 23.6 Å². The molecule has 0 atom stereocenters. The number of fused-ring (bicyclic) bond motifs is 1. The highest BCUT2D eigenvalue weighted by atomic mass is 16.5. The average molecular weight is 390 g/mol. The Kier molecular flexibility index (Phi) is 5.03. The van der Waals surface area contributed by atoms with Gasteiger partial charge in [0.15, 0.2) is 17.1 Å². The van der Waals surface area contributed by atoms with Gasteiger partial charge in [-0.15, -0.1) is 0 Å². The van der Waals surface area contributed by atoms with E-state index in [0.29, 0.717) is 39.9 Å². The number of amides is 1. The molecule has 0 aliphatic carbocycles. The van der Waals surface area contributed by atoms with Crippen LogP contribution in [0.25, 0.3) is 28.6 Å². The van der Waals surface area contributed by atoms with E-state index >= 15 is 0 Å². The maximum Gasteiger partial charge on any atom is 0.248 e. The summed E-state index contributed by atoms with van der Waals surface area (Å²) in [5.41, 5.74) is 2.60. The molecular formula is C22H18N2O5. The summed E-state index contributed by atoms with van der Waals surface area (Å²) in [6, 6.07) is 14.2. The van der Waals surface area contributed by atoms with Gasteiger partial charge in [-0.2, -0.15) is 0 Å². The molecule has 4 rings (SSSR count). The molecule has 1 N–H and O–H groups in total. The average Bonchev–Trinajstić information content (AvgIpc) is 3.41. The molecule has 0 saturated carbocycles. The van der Waals surface area contributed by atoms with Crippen LogP contribution < -0.4 is 14.8 Å². The lowest BCUT2D eigenvalue weighted by molar-refractivity contribution is -0.111. The first kappa shape index (κ1) is 18.4. The molecule has 0 saturated heterocycles. The number of nitrogens with one attached hydrogen (secondary N) is 1. The fraction of sp³-hybridized carbons (Fsp3) is 0.0909. The highest BCUT2D eigenvalue weighted by Gasteiger charge is 2.12. The van der Waals surface area contributed by atoms with E-state index in [1.54, 1.807) is 69.0 Å². The van der Waals surface area contributed by atoms with E-state index in [-0.39, 0.29) is 5.91 Å². The minimum absolute atomic E-state index is 0.274. The molecule has 2 aromatic carbocycles. The van der Waals surface area contributed by atoms with Gasteiger partial charge in [-0.3, -0.25) is 4.79 Å². The van der Waals surface area contributed by atoms with E-state index in [1.807, 2.05) is 6.07 Å². The number of aromatic nitrogens is 1. The zero-order chi connectivity index (χ0) is 20.2. The van der Waals surface area contributed by atoms with Crippen molar-refractivity contribution >= 4 is 28.8 Å². The lowest BCUT2D eigenvalue weighted by Gasteiger charge is -2.07. The van der Waals surface area contributed by atoms with E-state index in [1.165, 1.54) is 6.08 Å². The molecule has 2 aromatic heterocycles. The van der Waals surface area contributed by atoms with Crippen molar-refractivity contribution < 1.29 is 23.1 Å². The van der Waals surface area contributed by atoms with E-state index in [4.69, 9.17) is 18.3 Å². The van der Waals surface area contributed by atoms with Crippen molar-refractivity contribution in [2.45, 2.75) is 0 Å². The smallest absolute Gasteiger partial charge is 0.248 e. The predicted octanol–water partition coefficient (Wildman–Crippen LogP) is 4.76. The number of oxazole rings is 1. The van der Waals surface area contributed by atoms with Crippen LogP contribution in [0, 0.1) is 0 Å². The topological polar surface area (TPSA) is 86.7 Å². The number of carbonyl (C=O) groups excluding carboxylic acids is 1. The minimum atomic E-state index is -0.274. The molecule has 29 heavy (non-hydrogen) atoms. The Bertz CT molecular complexity index is 1180. The number of anilines is 1. The van der Waals surface area contributed by atoms with Gasteiger partial charge in [-0.05, 0) is 54.6 Å². The Hall–Kier alpha value is -4.00. The Morgan fingerprint density at radius 1 is 1.07 bits per heavy atom. The van der Waals surface area contributed by atoms with Crippen molar-refractivity contribution in [3.8, 4) is 23.0 Å². The molecule has 0 unspecified atom stereocenters. The van der Waals surface area contributed by atoms with Crippen LogP contribution in [0.1, 0.15) is 5.76 Å². The molecule has 1 amide bonds. The lowest BCUT2D eigenvalue weighted by atomic mass is 10.2. The molecule has 7 nitrogen and oxygen atoms in total. The minimum Gasteiger partial charge on any atom is -0.493 e. The third kappa shape index (κ3) is 3.98. The molecule has 146 valence electrons. The number of nitrogens with zero attached hydrogens (tertiary/aromatic N) is 1. The van der Waals surface area contributed by atoms with Crippen LogP contribution in [0.2, 0.25) is 0 Å². The largest absolute Gasteiger partial charge is 0.493 e. The summed E-state index contributed by atoms with van der Waals surface area (Å²) in [7, 11) is 3.15. The number of carbonyl (C=O) groups is 1. The molecule has 7 heteroatoms. The number of furan rings is 1. The molecule has 0 fully saturated rings. The van der Waals surface area contributed by atoms with Crippen LogP contribution in [0.4, 0.5) is 5.69 Å². The van der Waals surface area contributed by atoms with Gasteiger partial charge in [0.1, 0.15) is 11.3 Å². The first-order chi connectivity index (χ1) is 14.2. The van der Waals surface area contributed by atoms with Crippen molar-refractivity contribution in [3.05, 3.63) is 66.6 Å².